The highest BCUT2D eigenvalue weighted by atomic mass is 16.6. The average Bonchev–Trinajstić information content (AvgIpc) is 2.72. The van der Waals surface area contributed by atoms with Crippen LogP contribution in [0.25, 0.3) is 0 Å². The summed E-state index contributed by atoms with van der Waals surface area (Å²) in [6.07, 6.45) is -0.490. The van der Waals surface area contributed by atoms with E-state index in [4.69, 9.17) is 9.47 Å². The summed E-state index contributed by atoms with van der Waals surface area (Å²) in [7, 11) is 1.26. The van der Waals surface area contributed by atoms with Gasteiger partial charge < -0.3 is 14.2 Å². The molecule has 154 valence electrons. The predicted molar refractivity (Wildman–Crippen MR) is 104 cm³/mol. The van der Waals surface area contributed by atoms with E-state index in [0.717, 1.165) is 11.1 Å². The molecule has 0 aliphatic heterocycles. The van der Waals surface area contributed by atoms with Crippen molar-refractivity contribution in [2.75, 3.05) is 7.11 Å². The summed E-state index contributed by atoms with van der Waals surface area (Å²) >= 11 is 0. The fourth-order valence-electron chi connectivity index (χ4n) is 1.97. The van der Waals surface area contributed by atoms with Crippen LogP contribution in [0.15, 0.2) is 60.7 Å². The van der Waals surface area contributed by atoms with Gasteiger partial charge in [-0.15, -0.1) is 0 Å². The van der Waals surface area contributed by atoms with E-state index in [0.29, 0.717) is 0 Å². The highest BCUT2D eigenvalue weighted by Gasteiger charge is 2.12. The fraction of sp³-hybridized carbons (Fsp3) is 0.273. The zero-order valence-corrected chi connectivity index (χ0v) is 16.5. The van der Waals surface area contributed by atoms with E-state index in [1.165, 1.54) is 14.0 Å². The van der Waals surface area contributed by atoms with Gasteiger partial charge in [-0.1, -0.05) is 60.7 Å². The Labute approximate surface area is 169 Å². The van der Waals surface area contributed by atoms with Crippen LogP contribution in [0.3, 0.4) is 0 Å². The van der Waals surface area contributed by atoms with Crippen LogP contribution in [0.1, 0.15) is 30.9 Å². The SMILES string of the molecule is COC(=O)CC(C)=O.O=C(CC(=O)OCc1ccccc1)OCc1ccccc1. The summed E-state index contributed by atoms with van der Waals surface area (Å²) in [5, 5.41) is 0. The third-order valence-corrected chi connectivity index (χ3v) is 3.39. The standard InChI is InChI=1S/C17H16O4.C5H8O3/c18-16(20-12-14-7-3-1-4-8-14)11-17(19)21-13-15-9-5-2-6-10-15;1-4(6)3-5(7)8-2/h1-10H,11-13H2;3H2,1-2H3. The van der Waals surface area contributed by atoms with Crippen molar-refractivity contribution in [3.05, 3.63) is 71.8 Å². The second kappa shape index (κ2) is 13.7. The molecule has 29 heavy (non-hydrogen) atoms. The summed E-state index contributed by atoms with van der Waals surface area (Å²) in [6, 6.07) is 18.6. The zero-order chi connectivity index (χ0) is 21.5. The zero-order valence-electron chi connectivity index (χ0n) is 16.5. The molecule has 0 atom stereocenters. The topological polar surface area (TPSA) is 96.0 Å². The molecule has 0 saturated heterocycles. The summed E-state index contributed by atoms with van der Waals surface area (Å²) in [5.74, 6) is -1.82. The Morgan fingerprint density at radius 1 is 0.655 bits per heavy atom. The molecule has 0 saturated carbocycles. The maximum absolute atomic E-state index is 11.5. The lowest BCUT2D eigenvalue weighted by Gasteiger charge is -2.06. The van der Waals surface area contributed by atoms with E-state index < -0.39 is 17.9 Å². The molecule has 0 spiro atoms. The molecule has 2 aromatic rings. The molecule has 2 aromatic carbocycles. The van der Waals surface area contributed by atoms with E-state index in [9.17, 15) is 19.2 Å². The second-order valence-corrected chi connectivity index (χ2v) is 5.92. The largest absolute Gasteiger partial charge is 0.469 e. The lowest BCUT2D eigenvalue weighted by molar-refractivity contribution is -0.156. The van der Waals surface area contributed by atoms with Gasteiger partial charge in [0.1, 0.15) is 31.8 Å². The molecule has 0 aliphatic rings. The summed E-state index contributed by atoms with van der Waals surface area (Å²) < 4.78 is 14.2. The van der Waals surface area contributed by atoms with Crippen LogP contribution in [0.4, 0.5) is 0 Å². The van der Waals surface area contributed by atoms with E-state index in [-0.39, 0.29) is 31.8 Å². The molecule has 0 N–H and O–H groups in total. The van der Waals surface area contributed by atoms with Crippen LogP contribution in [0.5, 0.6) is 0 Å². The van der Waals surface area contributed by atoms with Crippen LogP contribution in [0.2, 0.25) is 0 Å². The van der Waals surface area contributed by atoms with Gasteiger partial charge in [0.15, 0.2) is 0 Å². The van der Waals surface area contributed by atoms with E-state index in [2.05, 4.69) is 4.74 Å². The first-order valence-corrected chi connectivity index (χ1v) is 8.86. The lowest BCUT2D eigenvalue weighted by Crippen LogP contribution is -2.13. The third kappa shape index (κ3) is 11.8. The third-order valence-electron chi connectivity index (χ3n) is 3.39. The molecular weight excluding hydrogens is 376 g/mol. The molecule has 0 aliphatic carbocycles. The van der Waals surface area contributed by atoms with Gasteiger partial charge in [0.25, 0.3) is 0 Å². The highest BCUT2D eigenvalue weighted by molar-refractivity contribution is 5.94. The van der Waals surface area contributed by atoms with Gasteiger partial charge >= 0.3 is 17.9 Å². The Balaban J connectivity index is 0.000000447. The molecule has 0 unspecified atom stereocenters. The normalized spacial score (nSPS) is 9.45. The van der Waals surface area contributed by atoms with Gasteiger partial charge in [-0.05, 0) is 18.1 Å². The summed E-state index contributed by atoms with van der Waals surface area (Å²) in [5.41, 5.74) is 1.76. The first kappa shape index (κ1) is 23.6. The van der Waals surface area contributed by atoms with E-state index in [1.807, 2.05) is 60.7 Å². The Morgan fingerprint density at radius 3 is 1.38 bits per heavy atom. The number of carbonyl (C=O) groups is 4. The Hall–Kier alpha value is -3.48. The number of carbonyl (C=O) groups excluding carboxylic acids is 4. The Kier molecular flexibility index (Phi) is 11.1. The molecule has 7 heteroatoms. The maximum Gasteiger partial charge on any atom is 0.317 e. The number of ether oxygens (including phenoxy) is 3. The van der Waals surface area contributed by atoms with E-state index in [1.54, 1.807) is 0 Å². The average molecular weight is 400 g/mol. The number of hydrogen-bond donors (Lipinski definition) is 0. The molecule has 0 heterocycles. The van der Waals surface area contributed by atoms with Crippen LogP contribution < -0.4 is 0 Å². The molecular formula is C22H24O7. The van der Waals surface area contributed by atoms with Crippen molar-refractivity contribution in [2.45, 2.75) is 33.0 Å². The van der Waals surface area contributed by atoms with Crippen molar-refractivity contribution >= 4 is 23.7 Å². The van der Waals surface area contributed by atoms with Gasteiger partial charge in [0.2, 0.25) is 0 Å². The molecule has 7 nitrogen and oxygen atoms in total. The maximum atomic E-state index is 11.5. The van der Waals surface area contributed by atoms with Crippen molar-refractivity contribution in [1.82, 2.24) is 0 Å². The molecule has 0 radical (unpaired) electrons. The van der Waals surface area contributed by atoms with Crippen molar-refractivity contribution in [2.24, 2.45) is 0 Å². The minimum atomic E-state index is -0.586. The van der Waals surface area contributed by atoms with Crippen LogP contribution in [-0.4, -0.2) is 30.8 Å². The summed E-state index contributed by atoms with van der Waals surface area (Å²) in [4.78, 5) is 43.3. The Bertz CT molecular complexity index is 732. The molecule has 0 amide bonds. The van der Waals surface area contributed by atoms with Gasteiger partial charge in [-0.3, -0.25) is 19.2 Å². The predicted octanol–water partition coefficient (Wildman–Crippen LogP) is 3.00. The monoisotopic (exact) mass is 400 g/mol. The number of hydrogen-bond acceptors (Lipinski definition) is 7. The number of ketones is 1. The first-order chi connectivity index (χ1) is 13.9. The van der Waals surface area contributed by atoms with Crippen LogP contribution in [0, 0.1) is 0 Å². The lowest BCUT2D eigenvalue weighted by atomic mass is 10.2. The highest BCUT2D eigenvalue weighted by Crippen LogP contribution is 2.04. The van der Waals surface area contributed by atoms with Crippen molar-refractivity contribution < 1.29 is 33.4 Å². The van der Waals surface area contributed by atoms with Crippen molar-refractivity contribution in [3.8, 4) is 0 Å². The number of Topliss-reactive ketones (excluding diaryl/α,β-unsaturated/α-hetero) is 1. The minimum absolute atomic E-state index is 0.115. The van der Waals surface area contributed by atoms with E-state index >= 15 is 0 Å². The molecule has 2 rings (SSSR count). The van der Waals surface area contributed by atoms with Crippen molar-refractivity contribution in [3.63, 3.8) is 0 Å². The van der Waals surface area contributed by atoms with Crippen LogP contribution >= 0.6 is 0 Å². The quantitative estimate of drug-likeness (QED) is 0.382. The van der Waals surface area contributed by atoms with Crippen molar-refractivity contribution in [1.29, 1.82) is 0 Å². The number of benzene rings is 2. The minimum Gasteiger partial charge on any atom is -0.469 e. The fourth-order valence-corrected chi connectivity index (χ4v) is 1.97. The summed E-state index contributed by atoms with van der Waals surface area (Å²) in [6.45, 7) is 1.66. The second-order valence-electron chi connectivity index (χ2n) is 5.92. The van der Waals surface area contributed by atoms with Gasteiger partial charge in [-0.25, -0.2) is 0 Å². The first-order valence-electron chi connectivity index (χ1n) is 8.86. The van der Waals surface area contributed by atoms with Crippen LogP contribution in [-0.2, 0) is 46.6 Å². The van der Waals surface area contributed by atoms with Gasteiger partial charge in [0.05, 0.1) is 7.11 Å². The number of rotatable bonds is 8. The molecule has 0 bridgehead atoms. The van der Waals surface area contributed by atoms with Gasteiger partial charge in [0, 0.05) is 0 Å². The van der Waals surface area contributed by atoms with Gasteiger partial charge in [-0.2, -0.15) is 0 Å². The smallest absolute Gasteiger partial charge is 0.317 e. The molecule has 0 fully saturated rings. The number of methoxy groups -OCH3 is 1. The number of esters is 3. The Morgan fingerprint density at radius 2 is 1.07 bits per heavy atom. The molecule has 0 aromatic heterocycles.